The van der Waals surface area contributed by atoms with Crippen molar-refractivity contribution >= 4 is 5.91 Å². The van der Waals surface area contributed by atoms with Crippen LogP contribution in [0.3, 0.4) is 0 Å². The Kier molecular flexibility index (Phi) is 4.45. The summed E-state index contributed by atoms with van der Waals surface area (Å²) in [6.45, 7) is 2.09. The Bertz CT molecular complexity index is 626. The monoisotopic (exact) mass is 275 g/mol. The lowest BCUT2D eigenvalue weighted by atomic mass is 10.1. The van der Waals surface area contributed by atoms with Gasteiger partial charge in [0.2, 0.25) is 0 Å². The lowest BCUT2D eigenvalue weighted by Gasteiger charge is -2.07. The van der Waals surface area contributed by atoms with Crippen molar-refractivity contribution in [2.24, 2.45) is 0 Å². The molecule has 0 radical (unpaired) electrons. The third kappa shape index (κ3) is 3.63. The number of hydrogen-bond acceptors (Lipinski definition) is 1. The molecular weight excluding hydrogens is 260 g/mol. The minimum Gasteiger partial charge on any atom is -0.352 e. The number of halogens is 2. The van der Waals surface area contributed by atoms with Gasteiger partial charge in [-0.3, -0.25) is 4.79 Å². The van der Waals surface area contributed by atoms with E-state index in [0.717, 1.165) is 11.1 Å². The van der Waals surface area contributed by atoms with Gasteiger partial charge in [0.25, 0.3) is 5.91 Å². The summed E-state index contributed by atoms with van der Waals surface area (Å²) in [5.74, 6) is -1.30. The molecule has 2 nitrogen and oxygen atoms in total. The first-order chi connectivity index (χ1) is 9.56. The maximum absolute atomic E-state index is 13.6. The average Bonchev–Trinajstić information content (AvgIpc) is 2.38. The van der Waals surface area contributed by atoms with Gasteiger partial charge >= 0.3 is 0 Å². The molecule has 0 heterocycles. The zero-order chi connectivity index (χ0) is 14.5. The summed E-state index contributed by atoms with van der Waals surface area (Å²) >= 11 is 0. The Balaban J connectivity index is 1.92. The number of benzene rings is 2. The van der Waals surface area contributed by atoms with E-state index in [1.54, 1.807) is 25.1 Å². The predicted octanol–water partition coefficient (Wildman–Crippen LogP) is 3.25. The summed E-state index contributed by atoms with van der Waals surface area (Å²) in [6, 6.07) is 10.6. The Morgan fingerprint density at radius 3 is 2.65 bits per heavy atom. The first-order valence-corrected chi connectivity index (χ1v) is 6.35. The van der Waals surface area contributed by atoms with Crippen molar-refractivity contribution in [3.05, 3.63) is 70.8 Å². The Labute approximate surface area is 116 Å². The topological polar surface area (TPSA) is 29.1 Å². The lowest BCUT2D eigenvalue weighted by molar-refractivity contribution is 0.0950. The van der Waals surface area contributed by atoms with Crippen LogP contribution in [0.4, 0.5) is 8.78 Å². The highest BCUT2D eigenvalue weighted by atomic mass is 19.1. The van der Waals surface area contributed by atoms with Gasteiger partial charge in [0.15, 0.2) is 0 Å². The van der Waals surface area contributed by atoms with Gasteiger partial charge in [-0.1, -0.05) is 18.2 Å². The SMILES string of the molecule is Cc1ccc(C(=O)NCCc2cccc(F)c2)c(F)c1. The molecule has 2 aromatic rings. The van der Waals surface area contributed by atoms with Crippen LogP contribution in [0.1, 0.15) is 21.5 Å². The quantitative estimate of drug-likeness (QED) is 0.911. The van der Waals surface area contributed by atoms with Crippen LogP contribution >= 0.6 is 0 Å². The van der Waals surface area contributed by atoms with Gasteiger partial charge in [0, 0.05) is 6.54 Å². The summed E-state index contributed by atoms with van der Waals surface area (Å²) in [7, 11) is 0. The molecule has 2 aromatic carbocycles. The van der Waals surface area contributed by atoms with Gasteiger partial charge in [0.05, 0.1) is 5.56 Å². The largest absolute Gasteiger partial charge is 0.352 e. The van der Waals surface area contributed by atoms with E-state index in [9.17, 15) is 13.6 Å². The molecule has 0 fully saturated rings. The first-order valence-electron chi connectivity index (χ1n) is 6.35. The highest BCUT2D eigenvalue weighted by molar-refractivity contribution is 5.94. The molecule has 104 valence electrons. The molecule has 0 bridgehead atoms. The number of carbonyl (C=O) groups is 1. The molecule has 0 atom stereocenters. The van der Waals surface area contributed by atoms with E-state index in [0.29, 0.717) is 13.0 Å². The summed E-state index contributed by atoms with van der Waals surface area (Å²) in [5.41, 5.74) is 1.57. The van der Waals surface area contributed by atoms with Crippen molar-refractivity contribution in [1.29, 1.82) is 0 Å². The van der Waals surface area contributed by atoms with Crippen LogP contribution < -0.4 is 5.32 Å². The Morgan fingerprint density at radius 1 is 1.15 bits per heavy atom. The van der Waals surface area contributed by atoms with Crippen molar-refractivity contribution in [3.8, 4) is 0 Å². The molecule has 0 aliphatic carbocycles. The number of rotatable bonds is 4. The molecule has 2 rings (SSSR count). The minimum absolute atomic E-state index is 0.0230. The Morgan fingerprint density at radius 2 is 1.95 bits per heavy atom. The molecule has 0 unspecified atom stereocenters. The fourth-order valence-electron chi connectivity index (χ4n) is 1.91. The van der Waals surface area contributed by atoms with Crippen LogP contribution in [0.25, 0.3) is 0 Å². The second-order valence-corrected chi connectivity index (χ2v) is 4.62. The van der Waals surface area contributed by atoms with Gasteiger partial charge in [-0.2, -0.15) is 0 Å². The fraction of sp³-hybridized carbons (Fsp3) is 0.188. The molecular formula is C16H15F2NO. The summed E-state index contributed by atoms with van der Waals surface area (Å²) < 4.78 is 26.6. The van der Waals surface area contributed by atoms with E-state index < -0.39 is 11.7 Å². The van der Waals surface area contributed by atoms with Crippen LogP contribution in [0.5, 0.6) is 0 Å². The molecule has 0 aromatic heterocycles. The molecule has 0 aliphatic rings. The normalized spacial score (nSPS) is 10.3. The van der Waals surface area contributed by atoms with Gasteiger partial charge in [-0.05, 0) is 48.7 Å². The summed E-state index contributed by atoms with van der Waals surface area (Å²) in [4.78, 5) is 11.8. The molecule has 20 heavy (non-hydrogen) atoms. The van der Waals surface area contributed by atoms with E-state index in [1.807, 2.05) is 0 Å². The molecule has 1 amide bonds. The minimum atomic E-state index is -0.534. The van der Waals surface area contributed by atoms with Gasteiger partial charge < -0.3 is 5.32 Å². The van der Waals surface area contributed by atoms with E-state index in [2.05, 4.69) is 5.32 Å². The van der Waals surface area contributed by atoms with Gasteiger partial charge in [-0.25, -0.2) is 8.78 Å². The van der Waals surface area contributed by atoms with Crippen molar-refractivity contribution < 1.29 is 13.6 Å². The standard InChI is InChI=1S/C16H15F2NO/c1-11-5-6-14(15(18)9-11)16(20)19-8-7-12-3-2-4-13(17)10-12/h2-6,9-10H,7-8H2,1H3,(H,19,20). The van der Waals surface area contributed by atoms with Crippen molar-refractivity contribution in [3.63, 3.8) is 0 Å². The fourth-order valence-corrected chi connectivity index (χ4v) is 1.91. The highest BCUT2D eigenvalue weighted by Crippen LogP contribution is 2.10. The molecule has 0 saturated carbocycles. The molecule has 4 heteroatoms. The number of carbonyl (C=O) groups excluding carboxylic acids is 1. The number of aryl methyl sites for hydroxylation is 1. The van der Waals surface area contributed by atoms with Crippen molar-refractivity contribution in [1.82, 2.24) is 5.32 Å². The third-order valence-corrected chi connectivity index (χ3v) is 2.96. The van der Waals surface area contributed by atoms with Crippen molar-refractivity contribution in [2.75, 3.05) is 6.54 Å². The van der Waals surface area contributed by atoms with Crippen LogP contribution in [0, 0.1) is 18.6 Å². The second kappa shape index (κ2) is 6.28. The highest BCUT2D eigenvalue weighted by Gasteiger charge is 2.10. The second-order valence-electron chi connectivity index (χ2n) is 4.62. The number of nitrogens with one attached hydrogen (secondary N) is 1. The predicted molar refractivity (Wildman–Crippen MR) is 73.6 cm³/mol. The molecule has 0 spiro atoms. The summed E-state index contributed by atoms with van der Waals surface area (Å²) in [5, 5.41) is 2.63. The number of hydrogen-bond donors (Lipinski definition) is 1. The summed E-state index contributed by atoms with van der Waals surface area (Å²) in [6.07, 6.45) is 0.497. The van der Waals surface area contributed by atoms with Gasteiger partial charge in [0.1, 0.15) is 11.6 Å². The van der Waals surface area contributed by atoms with E-state index in [1.165, 1.54) is 24.3 Å². The maximum atomic E-state index is 13.6. The van der Waals surface area contributed by atoms with Crippen LogP contribution in [0.2, 0.25) is 0 Å². The van der Waals surface area contributed by atoms with Crippen LogP contribution in [0.15, 0.2) is 42.5 Å². The lowest BCUT2D eigenvalue weighted by Crippen LogP contribution is -2.26. The zero-order valence-electron chi connectivity index (χ0n) is 11.1. The zero-order valence-corrected chi connectivity index (χ0v) is 11.1. The first kappa shape index (κ1) is 14.2. The smallest absolute Gasteiger partial charge is 0.254 e. The third-order valence-electron chi connectivity index (χ3n) is 2.96. The van der Waals surface area contributed by atoms with E-state index in [-0.39, 0.29) is 11.4 Å². The van der Waals surface area contributed by atoms with E-state index >= 15 is 0 Å². The van der Waals surface area contributed by atoms with Crippen LogP contribution in [-0.4, -0.2) is 12.5 Å². The number of amides is 1. The molecule has 1 N–H and O–H groups in total. The van der Waals surface area contributed by atoms with Crippen molar-refractivity contribution in [2.45, 2.75) is 13.3 Å². The molecule has 0 saturated heterocycles. The average molecular weight is 275 g/mol. The Hall–Kier alpha value is -2.23. The van der Waals surface area contributed by atoms with Crippen LogP contribution in [-0.2, 0) is 6.42 Å². The van der Waals surface area contributed by atoms with E-state index in [4.69, 9.17) is 0 Å². The molecule has 0 aliphatic heterocycles. The maximum Gasteiger partial charge on any atom is 0.254 e. The van der Waals surface area contributed by atoms with Gasteiger partial charge in [-0.15, -0.1) is 0 Å².